The largest absolute Gasteiger partial charge is 0.459 e. The lowest BCUT2D eigenvalue weighted by Crippen LogP contribution is -2.59. The van der Waals surface area contributed by atoms with E-state index in [1.165, 1.54) is 0 Å². The van der Waals surface area contributed by atoms with E-state index in [4.69, 9.17) is 52.1 Å². The van der Waals surface area contributed by atoms with Crippen LogP contribution in [0.1, 0.15) is 218 Å². The highest BCUT2D eigenvalue weighted by atomic mass is 16.7. The molecule has 4 saturated carbocycles. The third kappa shape index (κ3) is 15.8. The van der Waals surface area contributed by atoms with Gasteiger partial charge in [0.25, 0.3) is 0 Å². The third-order valence-corrected chi connectivity index (χ3v) is 26.9. The van der Waals surface area contributed by atoms with Gasteiger partial charge in [0, 0.05) is 48.3 Å². The van der Waals surface area contributed by atoms with Gasteiger partial charge in [-0.1, -0.05) is 158 Å². The summed E-state index contributed by atoms with van der Waals surface area (Å²) in [6.07, 6.45) is 4.53. The van der Waals surface area contributed by atoms with E-state index >= 15 is 0 Å². The zero-order chi connectivity index (χ0) is 70.8. The Morgan fingerprint density at radius 3 is 1.59 bits per heavy atom. The molecule has 4 saturated heterocycles. The Morgan fingerprint density at radius 2 is 1.00 bits per heavy atom. The molecule has 8 fully saturated rings. The third-order valence-electron chi connectivity index (χ3n) is 26.9. The van der Waals surface area contributed by atoms with Gasteiger partial charge in [-0.3, -0.25) is 9.59 Å². The van der Waals surface area contributed by atoms with Crippen LogP contribution in [0.3, 0.4) is 0 Å². The van der Waals surface area contributed by atoms with Gasteiger partial charge in [0.1, 0.15) is 30.4 Å². The summed E-state index contributed by atoms with van der Waals surface area (Å²) in [5.74, 6) is 0.338. The number of rotatable bonds is 24. The van der Waals surface area contributed by atoms with Crippen molar-refractivity contribution in [3.63, 3.8) is 0 Å². The summed E-state index contributed by atoms with van der Waals surface area (Å²) < 4.78 is 73.7. The lowest BCUT2D eigenvalue weighted by atomic mass is 9.44. The maximum absolute atomic E-state index is 14.6. The summed E-state index contributed by atoms with van der Waals surface area (Å²) >= 11 is 0. The van der Waals surface area contributed by atoms with Gasteiger partial charge in [-0.2, -0.15) is 0 Å². The minimum atomic E-state index is -1.07. The molecule has 16 nitrogen and oxygen atoms in total. The van der Waals surface area contributed by atoms with E-state index in [1.807, 2.05) is 58.0 Å². The summed E-state index contributed by atoms with van der Waals surface area (Å²) in [4.78, 5) is 70.0. The molecule has 0 spiro atoms. The van der Waals surface area contributed by atoms with Crippen molar-refractivity contribution in [3.8, 4) is 0 Å². The molecule has 3 aromatic rings. The molecule has 0 amide bonds. The van der Waals surface area contributed by atoms with Gasteiger partial charge in [-0.15, -0.1) is 0 Å². The van der Waals surface area contributed by atoms with Crippen LogP contribution in [-0.4, -0.2) is 123 Å². The van der Waals surface area contributed by atoms with Crippen molar-refractivity contribution in [2.75, 3.05) is 13.2 Å². The Bertz CT molecular complexity index is 3160. The first-order valence-electron chi connectivity index (χ1n) is 38.4. The molecule has 16 heteroatoms. The highest BCUT2D eigenvalue weighted by Crippen LogP contribution is 2.68. The number of benzene rings is 3. The van der Waals surface area contributed by atoms with E-state index < -0.39 is 67.1 Å². The number of hydrogen-bond acceptors (Lipinski definition) is 16. The molecule has 0 aromatic heterocycles. The summed E-state index contributed by atoms with van der Waals surface area (Å²) in [6.45, 7) is 33.1. The lowest BCUT2D eigenvalue weighted by Gasteiger charge is -2.61. The molecule has 546 valence electrons. The number of hydrogen-bond donors (Lipinski definition) is 0. The van der Waals surface area contributed by atoms with Gasteiger partial charge in [-0.25, -0.2) is 14.4 Å². The molecular weight excluding hydrogens is 1250 g/mol. The minimum Gasteiger partial charge on any atom is -0.459 e. The van der Waals surface area contributed by atoms with Gasteiger partial charge >= 0.3 is 17.9 Å². The molecule has 16 unspecified atom stereocenters. The van der Waals surface area contributed by atoms with E-state index in [0.29, 0.717) is 72.0 Å². The number of ether oxygens (including phenoxy) is 11. The van der Waals surface area contributed by atoms with Crippen LogP contribution in [0.25, 0.3) is 0 Å². The fraction of sp³-hybridized carbons (Fsp3) is 0.723. The molecule has 4 heterocycles. The van der Waals surface area contributed by atoms with E-state index in [0.717, 1.165) is 57.8 Å². The number of ketones is 2. The van der Waals surface area contributed by atoms with Crippen molar-refractivity contribution in [2.45, 2.75) is 267 Å². The predicted octanol–water partition coefficient (Wildman–Crippen LogP) is 16.1. The van der Waals surface area contributed by atoms with Gasteiger partial charge in [0.05, 0.1) is 59.9 Å². The monoisotopic (exact) mass is 1370 g/mol. The second-order valence-corrected chi connectivity index (χ2v) is 32.5. The molecule has 0 radical (unpaired) electrons. The molecule has 99 heavy (non-hydrogen) atoms. The number of esters is 3. The zero-order valence-electron chi connectivity index (χ0n) is 62.0. The fourth-order valence-electron chi connectivity index (χ4n) is 19.8. The molecule has 8 aliphatic rings. The summed E-state index contributed by atoms with van der Waals surface area (Å²) in [7, 11) is 0. The number of fused-ring (bicyclic) bond motifs is 5. The van der Waals surface area contributed by atoms with Crippen LogP contribution in [0.2, 0.25) is 0 Å². The van der Waals surface area contributed by atoms with Crippen LogP contribution in [0.5, 0.6) is 0 Å². The van der Waals surface area contributed by atoms with E-state index in [9.17, 15) is 24.0 Å². The first-order chi connectivity index (χ1) is 47.4. The SMILES string of the molecule is CCC1O[C@@H](O[C@@H]2C(CC)O[C@@H](O[C@H]3C(COC(=O)c4ccccc4)O[C@@H](OC4CCC5(C)C(CCC6C5CCC5(C)C6CC(=O)C5[C@H](C)C(=O)CC[C@H](C)CO[C@@H]5OC(CC)[C@@H](C)[C@H](OC(=O)c6ccccc6)C5OC(=O)c5ccccc5)C4)C(C)[C@H]3C)C(C)[C@H]2C)C(C)[C@@H](C)[C@@H]1C. The number of carbonyl (C=O) groups excluding carboxylic acids is 5. The zero-order valence-corrected chi connectivity index (χ0v) is 62.0. The number of Topliss-reactive ketones (excluding diaryl/α,β-unsaturated/α-hetero) is 2. The topological polar surface area (TPSA) is 187 Å². The maximum atomic E-state index is 14.6. The number of carbonyl (C=O) groups is 5. The second kappa shape index (κ2) is 32.4. The van der Waals surface area contributed by atoms with Crippen molar-refractivity contribution in [3.05, 3.63) is 108 Å². The Balaban J connectivity index is 0.699. The lowest BCUT2D eigenvalue weighted by molar-refractivity contribution is -0.352. The van der Waals surface area contributed by atoms with Crippen molar-refractivity contribution in [2.24, 2.45) is 99.6 Å². The Morgan fingerprint density at radius 1 is 0.505 bits per heavy atom. The summed E-state index contributed by atoms with van der Waals surface area (Å²) in [5.41, 5.74) is 1.03. The minimum absolute atomic E-state index is 0.00511. The maximum Gasteiger partial charge on any atom is 0.338 e. The van der Waals surface area contributed by atoms with Crippen LogP contribution in [0.15, 0.2) is 91.0 Å². The van der Waals surface area contributed by atoms with Crippen molar-refractivity contribution in [1.82, 2.24) is 0 Å². The summed E-state index contributed by atoms with van der Waals surface area (Å²) in [6, 6.07) is 26.5. The summed E-state index contributed by atoms with van der Waals surface area (Å²) in [5, 5.41) is 0. The van der Waals surface area contributed by atoms with Gasteiger partial charge < -0.3 is 52.1 Å². The van der Waals surface area contributed by atoms with Crippen LogP contribution in [0.4, 0.5) is 0 Å². The first-order valence-corrected chi connectivity index (χ1v) is 38.4. The average Bonchev–Trinajstić information content (AvgIpc) is 1.62. The average molecular weight is 1370 g/mol. The van der Waals surface area contributed by atoms with E-state index in [2.05, 4.69) is 76.2 Å². The molecule has 4 aliphatic carbocycles. The highest BCUT2D eigenvalue weighted by Gasteiger charge is 2.64. The quantitative estimate of drug-likeness (QED) is 0.0468. The van der Waals surface area contributed by atoms with Gasteiger partial charge in [0.2, 0.25) is 0 Å². The Labute approximate surface area is 590 Å². The van der Waals surface area contributed by atoms with Crippen molar-refractivity contribution >= 4 is 29.5 Å². The predicted molar refractivity (Wildman–Crippen MR) is 376 cm³/mol. The Kier molecular flexibility index (Phi) is 24.6. The Hall–Kier alpha value is -4.91. The van der Waals surface area contributed by atoms with Crippen molar-refractivity contribution in [1.29, 1.82) is 0 Å². The smallest absolute Gasteiger partial charge is 0.338 e. The van der Waals surface area contributed by atoms with Gasteiger partial charge in [0.15, 0.2) is 31.3 Å². The molecule has 11 rings (SSSR count). The van der Waals surface area contributed by atoms with Crippen LogP contribution in [0, 0.1) is 99.6 Å². The molecule has 0 bridgehead atoms. The van der Waals surface area contributed by atoms with Crippen LogP contribution in [-0.2, 0) is 61.7 Å². The standard InChI is InChI=1S/C83H118O16/c1-16-66-48(6)47(5)51(9)79(92-66)98-71-49(7)53(11)80(94-68(71)18-3)99-72-50(8)52(10)78(95-69(72)45-89-75(86)56-28-22-19-23-29-56)91-60-38-40-82(14)59(42-60)35-36-61-62(82)39-41-83(15)63(61)43-65(85)70(83)54(12)64(84)37-34-46(4)44-90-81-74(97-77(88)58-32-26-21-27-33-58)73(55(13)67(17-2)93-81)96-76(87)57-30-24-20-25-31-57/h19-33,46-55,59-63,66-74,78-81H,16-18,34-45H2,1-15H3/t46-,47-,48-,49+,50+,51?,52?,53?,54+,55+,59?,60?,61?,62?,63?,66?,67?,68?,69?,70?,71-,72+,73-,74?,78+,79-,80-,81+,82?,83?/m0/s1. The normalized spacial score (nSPS) is 41.2. The van der Waals surface area contributed by atoms with Crippen molar-refractivity contribution < 1.29 is 76.1 Å². The first kappa shape index (κ1) is 75.3. The fourth-order valence-corrected chi connectivity index (χ4v) is 19.8. The molecule has 0 N–H and O–H groups in total. The molecular formula is C83H118O16. The van der Waals surface area contributed by atoms with Crippen LogP contribution < -0.4 is 0 Å². The van der Waals surface area contributed by atoms with E-state index in [-0.39, 0.29) is 126 Å². The van der Waals surface area contributed by atoms with Gasteiger partial charge in [-0.05, 0) is 171 Å². The second-order valence-electron chi connectivity index (χ2n) is 32.5. The molecule has 30 atom stereocenters. The van der Waals surface area contributed by atoms with E-state index in [1.54, 1.807) is 60.7 Å². The van der Waals surface area contributed by atoms with Crippen LogP contribution >= 0.6 is 0 Å². The molecule has 4 aliphatic heterocycles. The highest BCUT2D eigenvalue weighted by molar-refractivity contribution is 5.92. The molecule has 3 aromatic carbocycles.